The minimum Gasteiger partial charge on any atom is -0.233 e. The maximum absolute atomic E-state index is 5.80. The van der Waals surface area contributed by atoms with Gasteiger partial charge in [0.1, 0.15) is 0 Å². The molecule has 2 fully saturated rings. The van der Waals surface area contributed by atoms with Crippen molar-refractivity contribution < 1.29 is 9.78 Å². The Morgan fingerprint density at radius 1 is 0.500 bits per heavy atom. The Bertz CT molecular complexity index is 287. The molecule has 0 atom stereocenters. The van der Waals surface area contributed by atoms with Crippen LogP contribution < -0.4 is 0 Å². The summed E-state index contributed by atoms with van der Waals surface area (Å²) in [6.45, 7) is 14.2. The average molecular weight is 311 g/mol. The van der Waals surface area contributed by atoms with Crippen LogP contribution in [0.5, 0.6) is 0 Å². The van der Waals surface area contributed by atoms with E-state index in [0.717, 1.165) is 11.8 Å². The van der Waals surface area contributed by atoms with Crippen LogP contribution in [-0.4, -0.2) is 12.2 Å². The van der Waals surface area contributed by atoms with E-state index in [1.54, 1.807) is 0 Å². The summed E-state index contributed by atoms with van der Waals surface area (Å²) in [5.41, 5.74) is 0.883. The summed E-state index contributed by atoms with van der Waals surface area (Å²) in [5, 5.41) is 0. The van der Waals surface area contributed by atoms with Crippen molar-refractivity contribution >= 4 is 0 Å². The molecule has 0 aromatic heterocycles. The second-order valence-corrected chi connectivity index (χ2v) is 9.87. The SMILES string of the molecule is CC(C)(C)C1CCC(OOC2CCC(C(C)(C)C)CC2)CC1. The van der Waals surface area contributed by atoms with E-state index >= 15 is 0 Å². The van der Waals surface area contributed by atoms with Crippen LogP contribution in [0.25, 0.3) is 0 Å². The van der Waals surface area contributed by atoms with Gasteiger partial charge >= 0.3 is 0 Å². The van der Waals surface area contributed by atoms with E-state index in [-0.39, 0.29) is 0 Å². The minimum atomic E-state index is 0.332. The van der Waals surface area contributed by atoms with Crippen molar-refractivity contribution in [1.82, 2.24) is 0 Å². The van der Waals surface area contributed by atoms with Gasteiger partial charge in [-0.2, -0.15) is 0 Å². The van der Waals surface area contributed by atoms with Crippen LogP contribution in [0.1, 0.15) is 92.9 Å². The largest absolute Gasteiger partial charge is 0.233 e. The summed E-state index contributed by atoms with van der Waals surface area (Å²) in [6.07, 6.45) is 10.5. The molecule has 0 bridgehead atoms. The molecular formula is C20H38O2. The fourth-order valence-corrected chi connectivity index (χ4v) is 4.21. The lowest BCUT2D eigenvalue weighted by Crippen LogP contribution is -2.32. The summed E-state index contributed by atoms with van der Waals surface area (Å²) in [5.74, 6) is 1.68. The third-order valence-corrected chi connectivity index (χ3v) is 6.13. The summed E-state index contributed by atoms with van der Waals surface area (Å²) < 4.78 is 0. The van der Waals surface area contributed by atoms with Crippen molar-refractivity contribution in [2.75, 3.05) is 0 Å². The van der Waals surface area contributed by atoms with Crippen molar-refractivity contribution in [3.63, 3.8) is 0 Å². The first-order chi connectivity index (χ1) is 10.2. The Kier molecular flexibility index (Phi) is 5.99. The number of rotatable bonds is 3. The Morgan fingerprint density at radius 3 is 1.00 bits per heavy atom. The van der Waals surface area contributed by atoms with Gasteiger partial charge in [0.25, 0.3) is 0 Å². The van der Waals surface area contributed by atoms with E-state index in [1.807, 2.05) is 0 Å². The average Bonchev–Trinajstić information content (AvgIpc) is 2.44. The number of hydrogen-bond donors (Lipinski definition) is 0. The summed E-state index contributed by atoms with van der Waals surface area (Å²) in [6, 6.07) is 0. The van der Waals surface area contributed by atoms with Crippen LogP contribution >= 0.6 is 0 Å². The van der Waals surface area contributed by atoms with Gasteiger partial charge < -0.3 is 0 Å². The molecular weight excluding hydrogens is 272 g/mol. The molecule has 2 heteroatoms. The van der Waals surface area contributed by atoms with Crippen LogP contribution in [0.3, 0.4) is 0 Å². The highest BCUT2D eigenvalue weighted by atomic mass is 17.2. The topological polar surface area (TPSA) is 18.5 Å². The molecule has 2 saturated carbocycles. The molecule has 2 rings (SSSR count). The highest BCUT2D eigenvalue weighted by Gasteiger charge is 2.33. The van der Waals surface area contributed by atoms with Gasteiger partial charge in [-0.3, -0.25) is 0 Å². The first-order valence-electron chi connectivity index (χ1n) is 9.48. The zero-order valence-electron chi connectivity index (χ0n) is 15.8. The highest BCUT2D eigenvalue weighted by molar-refractivity contribution is 4.82. The van der Waals surface area contributed by atoms with Crippen molar-refractivity contribution in [3.8, 4) is 0 Å². The fourth-order valence-electron chi connectivity index (χ4n) is 4.21. The van der Waals surface area contributed by atoms with Crippen molar-refractivity contribution in [1.29, 1.82) is 0 Å². The van der Waals surface area contributed by atoms with E-state index in [0.29, 0.717) is 23.0 Å². The third-order valence-electron chi connectivity index (χ3n) is 6.13. The standard InChI is InChI=1S/C20H38O2/c1-19(2,3)15-7-11-17(12-8-15)21-22-18-13-9-16(10-14-18)20(4,5)6/h15-18H,7-14H2,1-6H3. The molecule has 0 spiro atoms. The second-order valence-electron chi connectivity index (χ2n) is 9.87. The quantitative estimate of drug-likeness (QED) is 0.460. The number of hydrogen-bond acceptors (Lipinski definition) is 2. The Balaban J connectivity index is 1.64. The molecule has 2 aliphatic carbocycles. The molecule has 0 heterocycles. The molecule has 22 heavy (non-hydrogen) atoms. The monoisotopic (exact) mass is 310 g/mol. The van der Waals surface area contributed by atoms with Gasteiger partial charge in [0, 0.05) is 0 Å². The van der Waals surface area contributed by atoms with Crippen LogP contribution in [0.15, 0.2) is 0 Å². The normalized spacial score (nSPS) is 34.6. The van der Waals surface area contributed by atoms with Gasteiger partial charge in [0.2, 0.25) is 0 Å². The third kappa shape index (κ3) is 5.23. The molecule has 0 amide bonds. The lowest BCUT2D eigenvalue weighted by molar-refractivity contribution is -0.360. The second kappa shape index (κ2) is 7.21. The molecule has 0 aromatic rings. The van der Waals surface area contributed by atoms with Crippen molar-refractivity contribution in [2.24, 2.45) is 22.7 Å². The van der Waals surface area contributed by atoms with Crippen LogP contribution in [0.2, 0.25) is 0 Å². The predicted octanol–water partition coefficient (Wildman–Crippen LogP) is 6.14. The molecule has 0 N–H and O–H groups in total. The highest BCUT2D eigenvalue weighted by Crippen LogP contribution is 2.40. The van der Waals surface area contributed by atoms with E-state index < -0.39 is 0 Å². The molecule has 0 aliphatic heterocycles. The zero-order chi connectivity index (χ0) is 16.4. The molecule has 2 aliphatic rings. The van der Waals surface area contributed by atoms with Gasteiger partial charge in [0.05, 0.1) is 12.2 Å². The molecule has 0 radical (unpaired) electrons. The molecule has 2 nitrogen and oxygen atoms in total. The predicted molar refractivity (Wildman–Crippen MR) is 92.6 cm³/mol. The van der Waals surface area contributed by atoms with E-state index in [1.165, 1.54) is 51.4 Å². The van der Waals surface area contributed by atoms with E-state index in [4.69, 9.17) is 9.78 Å². The van der Waals surface area contributed by atoms with Gasteiger partial charge in [-0.05, 0) is 74.0 Å². The summed E-state index contributed by atoms with van der Waals surface area (Å²) >= 11 is 0. The minimum absolute atomic E-state index is 0.332. The Morgan fingerprint density at radius 2 is 0.773 bits per heavy atom. The first kappa shape index (κ1) is 18.3. The first-order valence-corrected chi connectivity index (χ1v) is 9.48. The van der Waals surface area contributed by atoms with Crippen molar-refractivity contribution in [3.05, 3.63) is 0 Å². The van der Waals surface area contributed by atoms with Crippen molar-refractivity contribution in [2.45, 2.75) is 105 Å². The lowest BCUT2D eigenvalue weighted by Gasteiger charge is -2.38. The molecule has 130 valence electrons. The van der Waals surface area contributed by atoms with Gasteiger partial charge in [-0.15, -0.1) is 0 Å². The van der Waals surface area contributed by atoms with E-state index in [9.17, 15) is 0 Å². The van der Waals surface area contributed by atoms with Gasteiger partial charge in [-0.1, -0.05) is 41.5 Å². The van der Waals surface area contributed by atoms with Crippen LogP contribution in [0, 0.1) is 22.7 Å². The van der Waals surface area contributed by atoms with Crippen LogP contribution in [-0.2, 0) is 9.78 Å². The van der Waals surface area contributed by atoms with Gasteiger partial charge in [0.15, 0.2) is 0 Å². The zero-order valence-corrected chi connectivity index (χ0v) is 15.8. The molecule has 0 unspecified atom stereocenters. The lowest BCUT2D eigenvalue weighted by atomic mass is 9.72. The van der Waals surface area contributed by atoms with Crippen LogP contribution in [0.4, 0.5) is 0 Å². The molecule has 0 saturated heterocycles. The van der Waals surface area contributed by atoms with E-state index in [2.05, 4.69) is 41.5 Å². The maximum atomic E-state index is 5.80. The maximum Gasteiger partial charge on any atom is 0.0930 e. The summed E-state index contributed by atoms with van der Waals surface area (Å²) in [4.78, 5) is 11.6. The summed E-state index contributed by atoms with van der Waals surface area (Å²) in [7, 11) is 0. The Labute approximate surface area is 138 Å². The van der Waals surface area contributed by atoms with Gasteiger partial charge in [-0.25, -0.2) is 9.78 Å². The fraction of sp³-hybridized carbons (Fsp3) is 1.00. The Hall–Kier alpha value is -0.0800. The smallest absolute Gasteiger partial charge is 0.0930 e. The molecule has 0 aromatic carbocycles.